The van der Waals surface area contributed by atoms with Gasteiger partial charge in [0.1, 0.15) is 0 Å². The van der Waals surface area contributed by atoms with Crippen molar-refractivity contribution in [1.82, 2.24) is 4.31 Å². The van der Waals surface area contributed by atoms with Crippen molar-refractivity contribution in [3.63, 3.8) is 0 Å². The van der Waals surface area contributed by atoms with Crippen molar-refractivity contribution >= 4 is 33.2 Å². The Morgan fingerprint density at radius 2 is 1.69 bits per heavy atom. The second-order valence-electron chi connectivity index (χ2n) is 5.98. The number of halogens is 1. The number of aryl methyl sites for hydroxylation is 2. The van der Waals surface area contributed by atoms with Gasteiger partial charge in [-0.2, -0.15) is 4.31 Å². The van der Waals surface area contributed by atoms with E-state index in [0.717, 1.165) is 5.56 Å². The lowest BCUT2D eigenvalue weighted by Crippen LogP contribution is -2.30. The first-order valence-corrected chi connectivity index (χ1v) is 10.2. The van der Waals surface area contributed by atoms with Gasteiger partial charge in [-0.3, -0.25) is 4.79 Å². The molecule has 0 saturated carbocycles. The normalized spacial score (nSPS) is 11.6. The zero-order chi connectivity index (χ0) is 19.5. The molecule has 0 saturated heterocycles. The number of benzene rings is 2. The van der Waals surface area contributed by atoms with Crippen LogP contribution in [0.1, 0.15) is 35.3 Å². The van der Waals surface area contributed by atoms with Crippen molar-refractivity contribution in [2.75, 3.05) is 18.4 Å². The molecular weight excluding hydrogens is 372 g/mol. The fraction of sp³-hybridized carbons (Fsp3) is 0.316. The first kappa shape index (κ1) is 20.4. The highest BCUT2D eigenvalue weighted by Gasteiger charge is 2.23. The second kappa shape index (κ2) is 8.20. The van der Waals surface area contributed by atoms with Gasteiger partial charge in [-0.05, 0) is 55.3 Å². The molecule has 0 unspecified atom stereocenters. The molecule has 2 rings (SSSR count). The van der Waals surface area contributed by atoms with Crippen LogP contribution in [0.15, 0.2) is 41.3 Å². The quantitative estimate of drug-likeness (QED) is 0.796. The zero-order valence-electron chi connectivity index (χ0n) is 15.3. The maximum Gasteiger partial charge on any atom is 0.255 e. The number of amides is 1. The number of hydrogen-bond donors (Lipinski definition) is 1. The third-order valence-corrected chi connectivity index (χ3v) is 6.51. The predicted octanol–water partition coefficient (Wildman–Crippen LogP) is 4.24. The van der Waals surface area contributed by atoms with E-state index in [1.54, 1.807) is 45.0 Å². The van der Waals surface area contributed by atoms with E-state index >= 15 is 0 Å². The molecule has 2 aromatic carbocycles. The summed E-state index contributed by atoms with van der Waals surface area (Å²) in [6, 6.07) is 9.79. The average molecular weight is 395 g/mol. The molecule has 0 aliphatic rings. The fourth-order valence-corrected chi connectivity index (χ4v) is 4.39. The van der Waals surface area contributed by atoms with Crippen LogP contribution in [0.25, 0.3) is 0 Å². The van der Waals surface area contributed by atoms with Crippen molar-refractivity contribution in [3.8, 4) is 0 Å². The molecular formula is C19H23ClN2O3S. The van der Waals surface area contributed by atoms with E-state index in [4.69, 9.17) is 11.6 Å². The number of hydrogen-bond acceptors (Lipinski definition) is 3. The molecule has 0 atom stereocenters. The van der Waals surface area contributed by atoms with Crippen LogP contribution < -0.4 is 5.32 Å². The Morgan fingerprint density at radius 1 is 1.04 bits per heavy atom. The summed E-state index contributed by atoms with van der Waals surface area (Å²) in [5, 5.41) is 3.41. The van der Waals surface area contributed by atoms with Gasteiger partial charge in [-0.15, -0.1) is 0 Å². The van der Waals surface area contributed by atoms with Crippen molar-refractivity contribution in [2.45, 2.75) is 32.6 Å². The summed E-state index contributed by atoms with van der Waals surface area (Å²) in [6.07, 6.45) is 0. The maximum atomic E-state index is 12.7. The average Bonchev–Trinajstić information content (AvgIpc) is 2.58. The minimum atomic E-state index is -3.62. The van der Waals surface area contributed by atoms with Crippen molar-refractivity contribution in [2.24, 2.45) is 0 Å². The Labute approximate surface area is 160 Å². The van der Waals surface area contributed by atoms with Crippen LogP contribution in [0.2, 0.25) is 5.02 Å². The van der Waals surface area contributed by atoms with Gasteiger partial charge in [0.15, 0.2) is 0 Å². The second-order valence-corrected chi connectivity index (χ2v) is 8.35. The molecule has 0 spiro atoms. The smallest absolute Gasteiger partial charge is 0.255 e. The summed E-state index contributed by atoms with van der Waals surface area (Å²) in [5.41, 5.74) is 2.49. The fourth-order valence-electron chi connectivity index (χ4n) is 2.68. The minimum Gasteiger partial charge on any atom is -0.322 e. The Bertz CT molecular complexity index is 922. The summed E-state index contributed by atoms with van der Waals surface area (Å²) < 4.78 is 26.8. The molecule has 140 valence electrons. The number of carbonyl (C=O) groups is 1. The molecule has 0 aliphatic carbocycles. The molecule has 0 radical (unpaired) electrons. The topological polar surface area (TPSA) is 66.5 Å². The highest BCUT2D eigenvalue weighted by atomic mass is 35.5. The lowest BCUT2D eigenvalue weighted by molar-refractivity contribution is 0.102. The largest absolute Gasteiger partial charge is 0.322 e. The summed E-state index contributed by atoms with van der Waals surface area (Å²) in [5.74, 6) is -0.357. The molecule has 0 aromatic heterocycles. The van der Waals surface area contributed by atoms with Gasteiger partial charge in [-0.25, -0.2) is 8.42 Å². The van der Waals surface area contributed by atoms with Crippen molar-refractivity contribution < 1.29 is 13.2 Å². The summed E-state index contributed by atoms with van der Waals surface area (Å²) >= 11 is 5.94. The van der Waals surface area contributed by atoms with E-state index in [2.05, 4.69) is 5.32 Å². The molecule has 0 heterocycles. The number of nitrogens with one attached hydrogen (secondary N) is 1. The lowest BCUT2D eigenvalue weighted by atomic mass is 10.1. The first-order valence-electron chi connectivity index (χ1n) is 8.39. The van der Waals surface area contributed by atoms with E-state index in [1.165, 1.54) is 16.4 Å². The van der Waals surface area contributed by atoms with Crippen LogP contribution in [-0.4, -0.2) is 31.7 Å². The Balaban J connectivity index is 2.39. The molecule has 2 aromatic rings. The molecule has 0 aliphatic heterocycles. The Hall–Kier alpha value is -1.89. The molecule has 5 nitrogen and oxygen atoms in total. The van der Waals surface area contributed by atoms with Gasteiger partial charge in [0.2, 0.25) is 10.0 Å². The third-order valence-electron chi connectivity index (χ3n) is 4.23. The predicted molar refractivity (Wildman–Crippen MR) is 105 cm³/mol. The zero-order valence-corrected chi connectivity index (χ0v) is 16.9. The van der Waals surface area contributed by atoms with E-state index < -0.39 is 10.0 Å². The maximum absolute atomic E-state index is 12.7. The van der Waals surface area contributed by atoms with E-state index in [0.29, 0.717) is 34.9 Å². The Kier molecular flexibility index (Phi) is 6.44. The highest BCUT2D eigenvalue weighted by Crippen LogP contribution is 2.23. The van der Waals surface area contributed by atoms with Gasteiger partial charge in [-0.1, -0.05) is 31.5 Å². The number of carbonyl (C=O) groups excluding carboxylic acids is 1. The summed E-state index contributed by atoms with van der Waals surface area (Å²) in [4.78, 5) is 12.8. The molecule has 0 bridgehead atoms. The number of nitrogens with zero attached hydrogens (tertiary/aromatic N) is 1. The van der Waals surface area contributed by atoms with Crippen LogP contribution in [0.5, 0.6) is 0 Å². The number of sulfonamides is 1. The van der Waals surface area contributed by atoms with Crippen LogP contribution in [0.4, 0.5) is 5.69 Å². The molecule has 1 N–H and O–H groups in total. The highest BCUT2D eigenvalue weighted by molar-refractivity contribution is 7.89. The molecule has 7 heteroatoms. The summed E-state index contributed by atoms with van der Waals surface area (Å²) in [7, 11) is -3.62. The first-order chi connectivity index (χ1) is 12.2. The molecule has 1 amide bonds. The van der Waals surface area contributed by atoms with Crippen LogP contribution in [-0.2, 0) is 10.0 Å². The van der Waals surface area contributed by atoms with Crippen LogP contribution in [0, 0.1) is 13.8 Å². The van der Waals surface area contributed by atoms with Gasteiger partial charge in [0, 0.05) is 29.4 Å². The van der Waals surface area contributed by atoms with E-state index in [9.17, 15) is 13.2 Å². The van der Waals surface area contributed by atoms with Gasteiger partial charge in [0.05, 0.1) is 4.90 Å². The standard InChI is InChI=1S/C19H23ClN2O3S/c1-5-22(6-2)26(24,25)16-9-7-13(3)17(12-16)19(23)21-18-10-8-15(20)11-14(18)4/h7-12H,5-6H2,1-4H3,(H,21,23). The van der Waals surface area contributed by atoms with Crippen LogP contribution in [0.3, 0.4) is 0 Å². The third kappa shape index (κ3) is 4.26. The minimum absolute atomic E-state index is 0.116. The Morgan fingerprint density at radius 3 is 2.27 bits per heavy atom. The van der Waals surface area contributed by atoms with Crippen LogP contribution >= 0.6 is 11.6 Å². The molecule has 26 heavy (non-hydrogen) atoms. The van der Waals surface area contributed by atoms with E-state index in [1.807, 2.05) is 6.92 Å². The van der Waals surface area contributed by atoms with Gasteiger partial charge in [0.25, 0.3) is 5.91 Å². The van der Waals surface area contributed by atoms with Gasteiger partial charge >= 0.3 is 0 Å². The van der Waals surface area contributed by atoms with Gasteiger partial charge < -0.3 is 5.32 Å². The number of anilines is 1. The SMILES string of the molecule is CCN(CC)S(=O)(=O)c1ccc(C)c(C(=O)Nc2ccc(Cl)cc2C)c1. The summed E-state index contributed by atoms with van der Waals surface area (Å²) in [6.45, 7) is 7.93. The number of rotatable bonds is 6. The lowest BCUT2D eigenvalue weighted by Gasteiger charge is -2.19. The monoisotopic (exact) mass is 394 g/mol. The molecule has 0 fully saturated rings. The van der Waals surface area contributed by atoms with E-state index in [-0.39, 0.29) is 10.8 Å². The van der Waals surface area contributed by atoms with Crippen molar-refractivity contribution in [3.05, 3.63) is 58.1 Å². The van der Waals surface area contributed by atoms with Crippen molar-refractivity contribution in [1.29, 1.82) is 0 Å².